The fourth-order valence-electron chi connectivity index (χ4n) is 3.42. The quantitative estimate of drug-likeness (QED) is 0.924. The van der Waals surface area contributed by atoms with Gasteiger partial charge in [-0.3, -0.25) is 4.98 Å². The van der Waals surface area contributed by atoms with Crippen LogP contribution in [0.3, 0.4) is 0 Å². The first kappa shape index (κ1) is 14.3. The number of nitrogens with zero attached hydrogens (tertiary/aromatic N) is 1. The Balaban J connectivity index is 1.84. The van der Waals surface area contributed by atoms with Gasteiger partial charge in [-0.25, -0.2) is 0 Å². The van der Waals surface area contributed by atoms with E-state index in [1.165, 1.54) is 30.4 Å². The predicted octanol–water partition coefficient (Wildman–Crippen LogP) is 3.69. The Labute approximate surface area is 127 Å². The molecular weight excluding hydrogens is 256 g/mol. The van der Waals surface area contributed by atoms with E-state index >= 15 is 0 Å². The van der Waals surface area contributed by atoms with Gasteiger partial charge in [0, 0.05) is 17.4 Å². The second-order valence-corrected chi connectivity index (χ2v) is 6.13. The van der Waals surface area contributed by atoms with Gasteiger partial charge in [0.05, 0.1) is 0 Å². The van der Waals surface area contributed by atoms with Crippen LogP contribution in [0.5, 0.6) is 0 Å². The normalized spacial score (nSPS) is 15.0. The molecule has 0 spiro atoms. The van der Waals surface area contributed by atoms with E-state index in [0.717, 1.165) is 17.8 Å². The molecule has 0 amide bonds. The van der Waals surface area contributed by atoms with E-state index in [1.807, 2.05) is 14.0 Å². The minimum atomic E-state index is 0.331. The molecular formula is C19H24N2. The van der Waals surface area contributed by atoms with Crippen LogP contribution in [0, 0.1) is 13.8 Å². The van der Waals surface area contributed by atoms with Gasteiger partial charge in [0.15, 0.2) is 0 Å². The van der Waals surface area contributed by atoms with Crippen molar-refractivity contribution in [2.45, 2.75) is 45.6 Å². The van der Waals surface area contributed by atoms with Crippen LogP contribution in [0.1, 0.15) is 46.1 Å². The van der Waals surface area contributed by atoms with E-state index in [9.17, 15) is 0 Å². The third-order valence-corrected chi connectivity index (χ3v) is 4.59. The van der Waals surface area contributed by atoms with Gasteiger partial charge >= 0.3 is 0 Å². The third kappa shape index (κ3) is 3.01. The maximum atomic E-state index is 4.60. The molecule has 3 rings (SSSR count). The molecule has 0 fully saturated rings. The van der Waals surface area contributed by atoms with Crippen molar-refractivity contribution < 1.29 is 0 Å². The van der Waals surface area contributed by atoms with Crippen molar-refractivity contribution >= 4 is 0 Å². The monoisotopic (exact) mass is 280 g/mol. The fraction of sp³-hybridized carbons (Fsp3) is 0.421. The van der Waals surface area contributed by atoms with Crippen molar-refractivity contribution in [2.24, 2.45) is 0 Å². The smallest absolute Gasteiger partial charge is 0.0423 e. The Hall–Kier alpha value is -1.67. The molecule has 0 bridgehead atoms. The summed E-state index contributed by atoms with van der Waals surface area (Å²) in [6.45, 7) is 4.15. The molecule has 0 saturated heterocycles. The molecule has 1 aliphatic rings. The summed E-state index contributed by atoms with van der Waals surface area (Å²) < 4.78 is 0. The minimum absolute atomic E-state index is 0.331. The predicted molar refractivity (Wildman–Crippen MR) is 87.7 cm³/mol. The second kappa shape index (κ2) is 5.98. The van der Waals surface area contributed by atoms with Crippen LogP contribution < -0.4 is 5.32 Å². The fourth-order valence-corrected chi connectivity index (χ4v) is 3.42. The molecule has 110 valence electrons. The summed E-state index contributed by atoms with van der Waals surface area (Å²) in [6.07, 6.45) is 4.84. The zero-order chi connectivity index (χ0) is 14.8. The van der Waals surface area contributed by atoms with Crippen molar-refractivity contribution in [3.63, 3.8) is 0 Å². The first-order chi connectivity index (χ1) is 10.2. The Morgan fingerprint density at radius 1 is 1.10 bits per heavy atom. The lowest BCUT2D eigenvalue weighted by Crippen LogP contribution is -2.20. The maximum Gasteiger partial charge on any atom is 0.0423 e. The van der Waals surface area contributed by atoms with E-state index in [4.69, 9.17) is 0 Å². The van der Waals surface area contributed by atoms with Gasteiger partial charge in [0.1, 0.15) is 0 Å². The Kier molecular flexibility index (Phi) is 4.07. The summed E-state index contributed by atoms with van der Waals surface area (Å²) >= 11 is 0. The van der Waals surface area contributed by atoms with Crippen LogP contribution >= 0.6 is 0 Å². The molecule has 2 aromatic rings. The zero-order valence-corrected chi connectivity index (χ0v) is 13.2. The molecule has 0 saturated carbocycles. The summed E-state index contributed by atoms with van der Waals surface area (Å²) in [5, 5.41) is 3.45. The van der Waals surface area contributed by atoms with E-state index in [-0.39, 0.29) is 0 Å². The summed E-state index contributed by atoms with van der Waals surface area (Å²) in [7, 11) is 2.04. The number of likely N-dealkylation sites (N-methyl/N-ethyl adjacent to an activating group) is 1. The number of benzene rings is 1. The van der Waals surface area contributed by atoms with Crippen LogP contribution in [-0.2, 0) is 19.3 Å². The van der Waals surface area contributed by atoms with Gasteiger partial charge in [-0.15, -0.1) is 0 Å². The van der Waals surface area contributed by atoms with Crippen LogP contribution in [0.2, 0.25) is 0 Å². The lowest BCUT2D eigenvalue weighted by molar-refractivity contribution is 0.585. The van der Waals surface area contributed by atoms with Crippen LogP contribution in [0.25, 0.3) is 0 Å². The first-order valence-corrected chi connectivity index (χ1v) is 7.89. The number of rotatable bonds is 4. The molecule has 1 aromatic heterocycles. The Bertz CT molecular complexity index is 646. The Morgan fingerprint density at radius 3 is 2.67 bits per heavy atom. The lowest BCUT2D eigenvalue weighted by Gasteiger charge is -2.19. The van der Waals surface area contributed by atoms with Gasteiger partial charge in [0.2, 0.25) is 0 Å². The summed E-state index contributed by atoms with van der Waals surface area (Å²) in [6, 6.07) is 11.7. The highest BCUT2D eigenvalue weighted by Crippen LogP contribution is 2.26. The van der Waals surface area contributed by atoms with Gasteiger partial charge in [0.25, 0.3) is 0 Å². The molecule has 2 nitrogen and oxygen atoms in total. The van der Waals surface area contributed by atoms with Crippen LogP contribution in [0.15, 0.2) is 30.3 Å². The summed E-state index contributed by atoms with van der Waals surface area (Å²) in [4.78, 5) is 4.60. The molecule has 1 aromatic carbocycles. The number of hydrogen-bond donors (Lipinski definition) is 1. The number of nitrogens with one attached hydrogen (secondary N) is 1. The summed E-state index contributed by atoms with van der Waals surface area (Å²) in [5.41, 5.74) is 8.06. The SMILES string of the molecule is CNC(Cc1ccc2c(c1)CCC2)c1ccc(C)nc1C. The molecule has 1 atom stereocenters. The van der Waals surface area contributed by atoms with Crippen molar-refractivity contribution in [3.05, 3.63) is 64.0 Å². The molecule has 0 radical (unpaired) electrons. The maximum absolute atomic E-state index is 4.60. The van der Waals surface area contributed by atoms with Gasteiger partial charge in [-0.1, -0.05) is 24.3 Å². The molecule has 21 heavy (non-hydrogen) atoms. The van der Waals surface area contributed by atoms with E-state index in [2.05, 4.69) is 47.6 Å². The lowest BCUT2D eigenvalue weighted by atomic mass is 9.95. The first-order valence-electron chi connectivity index (χ1n) is 7.89. The number of aromatic nitrogens is 1. The topological polar surface area (TPSA) is 24.9 Å². The molecule has 1 unspecified atom stereocenters. The van der Waals surface area contributed by atoms with Crippen molar-refractivity contribution in [2.75, 3.05) is 7.05 Å². The molecule has 1 heterocycles. The van der Waals surface area contributed by atoms with Crippen LogP contribution in [-0.4, -0.2) is 12.0 Å². The van der Waals surface area contributed by atoms with Gasteiger partial charge < -0.3 is 5.32 Å². The second-order valence-electron chi connectivity index (χ2n) is 6.13. The average molecular weight is 280 g/mol. The third-order valence-electron chi connectivity index (χ3n) is 4.59. The van der Waals surface area contributed by atoms with Crippen LogP contribution in [0.4, 0.5) is 0 Å². The van der Waals surface area contributed by atoms with E-state index in [1.54, 1.807) is 11.1 Å². The van der Waals surface area contributed by atoms with E-state index in [0.29, 0.717) is 6.04 Å². The highest BCUT2D eigenvalue weighted by atomic mass is 14.9. The average Bonchev–Trinajstić information content (AvgIpc) is 2.93. The molecule has 1 N–H and O–H groups in total. The number of hydrogen-bond acceptors (Lipinski definition) is 2. The van der Waals surface area contributed by atoms with Crippen molar-refractivity contribution in [1.29, 1.82) is 0 Å². The van der Waals surface area contributed by atoms with Gasteiger partial charge in [-0.05, 0) is 74.9 Å². The van der Waals surface area contributed by atoms with E-state index < -0.39 is 0 Å². The number of fused-ring (bicyclic) bond motifs is 1. The van der Waals surface area contributed by atoms with Crippen molar-refractivity contribution in [3.8, 4) is 0 Å². The molecule has 0 aliphatic heterocycles. The highest BCUT2D eigenvalue weighted by molar-refractivity contribution is 5.36. The Morgan fingerprint density at radius 2 is 1.90 bits per heavy atom. The number of pyridine rings is 1. The largest absolute Gasteiger partial charge is 0.313 e. The molecule has 2 heteroatoms. The van der Waals surface area contributed by atoms with Crippen molar-refractivity contribution in [1.82, 2.24) is 10.3 Å². The standard InChI is InChI=1S/C19H24N2/c1-13-7-10-18(14(2)21-13)19(20-3)12-15-8-9-16-5-4-6-17(16)11-15/h7-11,19-20H,4-6,12H2,1-3H3. The molecule has 1 aliphatic carbocycles. The zero-order valence-electron chi connectivity index (χ0n) is 13.2. The highest BCUT2D eigenvalue weighted by Gasteiger charge is 2.16. The summed E-state index contributed by atoms with van der Waals surface area (Å²) in [5.74, 6) is 0. The van der Waals surface area contributed by atoms with Gasteiger partial charge in [-0.2, -0.15) is 0 Å². The minimum Gasteiger partial charge on any atom is -0.313 e. The number of aryl methyl sites for hydroxylation is 4.